The number of fused-ring (bicyclic) bond motifs is 3. The minimum atomic E-state index is 0.668. The van der Waals surface area contributed by atoms with Crippen molar-refractivity contribution in [3.63, 3.8) is 0 Å². The number of nitrogens with zero attached hydrogens (tertiary/aromatic N) is 1. The molecule has 0 saturated carbocycles. The Morgan fingerprint density at radius 1 is 1.13 bits per heavy atom. The van der Waals surface area contributed by atoms with Gasteiger partial charge >= 0.3 is 0 Å². The molecule has 1 fully saturated rings. The number of ether oxygens (including phenoxy) is 1. The second kappa shape index (κ2) is 6.34. The second-order valence-electron chi connectivity index (χ2n) is 6.57. The largest absolute Gasteiger partial charge is 0.380 e. The molecular formula is C20H24N2O. The smallest absolute Gasteiger partial charge is 0.0713 e. The maximum Gasteiger partial charge on any atom is 0.0713 e. The average Bonchev–Trinajstić information content (AvgIpc) is 2.75. The lowest BCUT2D eigenvalue weighted by Gasteiger charge is -2.24. The van der Waals surface area contributed by atoms with E-state index in [2.05, 4.69) is 52.7 Å². The first-order chi connectivity index (χ1) is 11.3. The Bertz CT molecular complexity index is 698. The molecule has 2 heterocycles. The van der Waals surface area contributed by atoms with Gasteiger partial charge in [-0.25, -0.2) is 0 Å². The predicted octanol–water partition coefficient (Wildman–Crippen LogP) is 3.22. The molecule has 0 aromatic heterocycles. The molecule has 1 unspecified atom stereocenters. The molecule has 2 aromatic carbocycles. The zero-order chi connectivity index (χ0) is 15.6. The van der Waals surface area contributed by atoms with Crippen molar-refractivity contribution in [1.82, 2.24) is 5.32 Å². The molecule has 23 heavy (non-hydrogen) atoms. The molecule has 4 rings (SSSR count). The Morgan fingerprint density at radius 3 is 2.96 bits per heavy atom. The highest BCUT2D eigenvalue weighted by Crippen LogP contribution is 2.36. The summed E-state index contributed by atoms with van der Waals surface area (Å²) < 4.78 is 5.26. The summed E-state index contributed by atoms with van der Waals surface area (Å²) in [6, 6.07) is 16.3. The Morgan fingerprint density at radius 2 is 2.04 bits per heavy atom. The van der Waals surface area contributed by atoms with Crippen molar-refractivity contribution in [3.8, 4) is 11.1 Å². The number of methoxy groups -OCH3 is 1. The van der Waals surface area contributed by atoms with Gasteiger partial charge in [0.1, 0.15) is 0 Å². The van der Waals surface area contributed by atoms with Crippen LogP contribution in [0, 0.1) is 0 Å². The van der Waals surface area contributed by atoms with Crippen molar-refractivity contribution in [3.05, 3.63) is 53.6 Å². The Labute approximate surface area is 138 Å². The molecule has 1 saturated heterocycles. The van der Waals surface area contributed by atoms with Crippen molar-refractivity contribution in [2.45, 2.75) is 25.5 Å². The van der Waals surface area contributed by atoms with Crippen LogP contribution in [-0.2, 0) is 17.8 Å². The van der Waals surface area contributed by atoms with Crippen LogP contribution in [-0.4, -0.2) is 32.8 Å². The molecule has 0 bridgehead atoms. The van der Waals surface area contributed by atoms with Gasteiger partial charge in [-0.05, 0) is 59.8 Å². The van der Waals surface area contributed by atoms with Gasteiger partial charge in [-0.3, -0.25) is 0 Å². The molecule has 3 heteroatoms. The van der Waals surface area contributed by atoms with Gasteiger partial charge in [-0.15, -0.1) is 0 Å². The van der Waals surface area contributed by atoms with E-state index in [0.717, 1.165) is 19.6 Å². The fraction of sp³-hybridized carbons (Fsp3) is 0.400. The van der Waals surface area contributed by atoms with E-state index in [1.807, 2.05) is 0 Å². The summed E-state index contributed by atoms with van der Waals surface area (Å²) in [5.74, 6) is 0. The summed E-state index contributed by atoms with van der Waals surface area (Å²) in [4.78, 5) is 2.60. The van der Waals surface area contributed by atoms with Crippen LogP contribution in [0.1, 0.15) is 17.5 Å². The topological polar surface area (TPSA) is 24.5 Å². The van der Waals surface area contributed by atoms with Gasteiger partial charge in [-0.1, -0.05) is 24.3 Å². The van der Waals surface area contributed by atoms with E-state index in [9.17, 15) is 0 Å². The Kier molecular flexibility index (Phi) is 4.06. The first-order valence-electron chi connectivity index (χ1n) is 8.54. The number of rotatable bonds is 3. The molecule has 0 radical (unpaired) electrons. The monoisotopic (exact) mass is 308 g/mol. The van der Waals surface area contributed by atoms with Crippen LogP contribution in [0.5, 0.6) is 0 Å². The van der Waals surface area contributed by atoms with Gasteiger partial charge in [0.15, 0.2) is 0 Å². The third-order valence-corrected chi connectivity index (χ3v) is 5.04. The van der Waals surface area contributed by atoms with Gasteiger partial charge < -0.3 is 15.0 Å². The highest BCUT2D eigenvalue weighted by Gasteiger charge is 2.29. The SMILES string of the molecule is COCc1cccc(-c2ccc3c(c2)CC2CCNCCN32)c1. The summed E-state index contributed by atoms with van der Waals surface area (Å²) in [6.07, 6.45) is 2.43. The normalized spacial score (nSPS) is 20.0. The van der Waals surface area contributed by atoms with Crippen LogP contribution >= 0.6 is 0 Å². The molecule has 0 amide bonds. The fourth-order valence-electron chi connectivity index (χ4n) is 3.93. The molecule has 1 N–H and O–H groups in total. The minimum Gasteiger partial charge on any atom is -0.380 e. The number of hydrogen-bond acceptors (Lipinski definition) is 3. The van der Waals surface area contributed by atoms with E-state index in [4.69, 9.17) is 4.74 Å². The van der Waals surface area contributed by atoms with E-state index in [1.165, 1.54) is 40.8 Å². The number of hydrogen-bond donors (Lipinski definition) is 1. The minimum absolute atomic E-state index is 0.668. The first kappa shape index (κ1) is 14.7. The van der Waals surface area contributed by atoms with E-state index in [1.54, 1.807) is 7.11 Å². The van der Waals surface area contributed by atoms with Crippen LogP contribution in [0.25, 0.3) is 11.1 Å². The first-order valence-corrected chi connectivity index (χ1v) is 8.54. The summed E-state index contributed by atoms with van der Waals surface area (Å²) in [7, 11) is 1.75. The Hall–Kier alpha value is -1.84. The third-order valence-electron chi connectivity index (χ3n) is 5.04. The van der Waals surface area contributed by atoms with Crippen molar-refractivity contribution in [1.29, 1.82) is 0 Å². The summed E-state index contributed by atoms with van der Waals surface area (Å²) >= 11 is 0. The van der Waals surface area contributed by atoms with E-state index < -0.39 is 0 Å². The highest BCUT2D eigenvalue weighted by molar-refractivity contribution is 5.71. The summed E-state index contributed by atoms with van der Waals surface area (Å²) in [5.41, 5.74) is 6.77. The maximum absolute atomic E-state index is 5.26. The lowest BCUT2D eigenvalue weighted by atomic mass is 9.99. The molecule has 2 aliphatic rings. The molecule has 2 aliphatic heterocycles. The van der Waals surface area contributed by atoms with Crippen LogP contribution in [0.3, 0.4) is 0 Å². The molecule has 2 aromatic rings. The molecular weight excluding hydrogens is 284 g/mol. The standard InChI is InChI=1S/C20H24N2O/c1-23-14-15-3-2-4-16(11-15)17-5-6-20-18(12-17)13-19-7-8-21-9-10-22(19)20/h2-6,11-12,19,21H,7-10,13-14H2,1H3. The second-order valence-corrected chi connectivity index (χ2v) is 6.57. The maximum atomic E-state index is 5.26. The number of benzene rings is 2. The van der Waals surface area contributed by atoms with Crippen molar-refractivity contribution < 1.29 is 4.74 Å². The van der Waals surface area contributed by atoms with E-state index in [-0.39, 0.29) is 0 Å². The van der Waals surface area contributed by atoms with Gasteiger partial charge in [0.25, 0.3) is 0 Å². The Balaban J connectivity index is 1.65. The van der Waals surface area contributed by atoms with E-state index in [0.29, 0.717) is 12.6 Å². The average molecular weight is 308 g/mol. The number of anilines is 1. The fourth-order valence-corrected chi connectivity index (χ4v) is 3.93. The summed E-state index contributed by atoms with van der Waals surface area (Å²) in [5, 5.41) is 3.51. The number of nitrogens with one attached hydrogen (secondary N) is 1. The summed E-state index contributed by atoms with van der Waals surface area (Å²) in [6.45, 7) is 4.03. The van der Waals surface area contributed by atoms with Crippen LogP contribution in [0.2, 0.25) is 0 Å². The van der Waals surface area contributed by atoms with Gasteiger partial charge in [0.2, 0.25) is 0 Å². The van der Waals surface area contributed by atoms with Crippen molar-refractivity contribution in [2.75, 3.05) is 31.6 Å². The zero-order valence-electron chi connectivity index (χ0n) is 13.7. The van der Waals surface area contributed by atoms with Gasteiger partial charge in [0.05, 0.1) is 6.61 Å². The van der Waals surface area contributed by atoms with Crippen LogP contribution in [0.15, 0.2) is 42.5 Å². The quantitative estimate of drug-likeness (QED) is 0.942. The molecule has 0 aliphatic carbocycles. The lowest BCUT2D eigenvalue weighted by Crippen LogP contribution is -2.32. The van der Waals surface area contributed by atoms with Crippen LogP contribution < -0.4 is 10.2 Å². The molecule has 0 spiro atoms. The van der Waals surface area contributed by atoms with Gasteiger partial charge in [0, 0.05) is 31.9 Å². The molecule has 1 atom stereocenters. The molecule has 120 valence electrons. The predicted molar refractivity (Wildman–Crippen MR) is 94.9 cm³/mol. The molecule has 3 nitrogen and oxygen atoms in total. The van der Waals surface area contributed by atoms with Crippen molar-refractivity contribution >= 4 is 5.69 Å². The third kappa shape index (κ3) is 2.87. The highest BCUT2D eigenvalue weighted by atomic mass is 16.5. The van der Waals surface area contributed by atoms with Gasteiger partial charge in [-0.2, -0.15) is 0 Å². The van der Waals surface area contributed by atoms with Crippen molar-refractivity contribution in [2.24, 2.45) is 0 Å². The van der Waals surface area contributed by atoms with Crippen LogP contribution in [0.4, 0.5) is 5.69 Å². The van der Waals surface area contributed by atoms with E-state index >= 15 is 0 Å². The zero-order valence-corrected chi connectivity index (χ0v) is 13.7. The lowest BCUT2D eigenvalue weighted by molar-refractivity contribution is 0.185.